The monoisotopic (exact) mass is 354 g/mol. The molecule has 1 atom stereocenters. The van der Waals surface area contributed by atoms with E-state index in [4.69, 9.17) is 0 Å². The van der Waals surface area contributed by atoms with E-state index in [0.717, 1.165) is 31.7 Å². The number of hydrogen-bond donors (Lipinski definition) is 0. The zero-order valence-corrected chi connectivity index (χ0v) is 15.5. The van der Waals surface area contributed by atoms with Gasteiger partial charge in [0.15, 0.2) is 0 Å². The zero-order valence-electron chi connectivity index (χ0n) is 15.5. The first-order valence-corrected chi connectivity index (χ1v) is 9.16. The molecule has 1 aromatic heterocycles. The van der Waals surface area contributed by atoms with Crippen molar-refractivity contribution in [3.05, 3.63) is 64.1 Å². The van der Waals surface area contributed by atoms with Crippen molar-refractivity contribution in [3.8, 4) is 0 Å². The van der Waals surface area contributed by atoms with Crippen LogP contribution >= 0.6 is 0 Å². The molecule has 0 unspecified atom stereocenters. The van der Waals surface area contributed by atoms with E-state index in [1.807, 2.05) is 17.9 Å². The minimum absolute atomic E-state index is 0.0343. The largest absolute Gasteiger partial charge is 0.338 e. The summed E-state index contributed by atoms with van der Waals surface area (Å²) >= 11 is 0. The highest BCUT2D eigenvalue weighted by Gasteiger charge is 2.26. The number of amides is 1. The van der Waals surface area contributed by atoms with E-state index >= 15 is 0 Å². The predicted octanol–water partition coefficient (Wildman–Crippen LogP) is 1.50. The third-order valence-electron chi connectivity index (χ3n) is 4.93. The highest BCUT2D eigenvalue weighted by Crippen LogP contribution is 2.11. The summed E-state index contributed by atoms with van der Waals surface area (Å²) in [6.07, 6.45) is 1.02. The lowest BCUT2D eigenvalue weighted by molar-refractivity contribution is -0.136. The molecule has 0 bridgehead atoms. The van der Waals surface area contributed by atoms with E-state index in [2.05, 4.69) is 34.3 Å². The van der Waals surface area contributed by atoms with Gasteiger partial charge >= 0.3 is 0 Å². The number of aromatic nitrogens is 2. The second-order valence-corrected chi connectivity index (χ2v) is 6.84. The molecule has 1 saturated heterocycles. The Hall–Kier alpha value is -2.47. The normalized spacial score (nSPS) is 16.5. The topological polar surface area (TPSA) is 58.4 Å². The van der Waals surface area contributed by atoms with Crippen molar-refractivity contribution in [1.29, 1.82) is 0 Å². The summed E-state index contributed by atoms with van der Waals surface area (Å²) in [5.74, 6) is -0.0343. The van der Waals surface area contributed by atoms with Gasteiger partial charge in [-0.05, 0) is 31.9 Å². The van der Waals surface area contributed by atoms with Gasteiger partial charge < -0.3 is 4.90 Å². The molecule has 1 aromatic carbocycles. The van der Waals surface area contributed by atoms with Gasteiger partial charge in [0.25, 0.3) is 5.56 Å². The van der Waals surface area contributed by atoms with Gasteiger partial charge in [-0.3, -0.25) is 14.5 Å². The van der Waals surface area contributed by atoms with Crippen LogP contribution in [0.3, 0.4) is 0 Å². The molecule has 2 heterocycles. The number of benzene rings is 1. The maximum Gasteiger partial charge on any atom is 0.267 e. The van der Waals surface area contributed by atoms with Crippen LogP contribution in [0.5, 0.6) is 0 Å². The first-order chi connectivity index (χ1) is 12.5. The minimum atomic E-state index is -0.571. The average Bonchev–Trinajstić information content (AvgIpc) is 2.68. The third kappa shape index (κ3) is 4.38. The molecule has 0 saturated carbocycles. The molecule has 2 aromatic rings. The first-order valence-electron chi connectivity index (χ1n) is 9.16. The van der Waals surface area contributed by atoms with Crippen LogP contribution in [0.25, 0.3) is 0 Å². The van der Waals surface area contributed by atoms with Crippen molar-refractivity contribution in [3.63, 3.8) is 0 Å². The van der Waals surface area contributed by atoms with E-state index in [9.17, 15) is 9.59 Å². The molecule has 0 spiro atoms. The lowest BCUT2D eigenvalue weighted by Crippen LogP contribution is -2.51. The van der Waals surface area contributed by atoms with Crippen LogP contribution in [0.2, 0.25) is 0 Å². The summed E-state index contributed by atoms with van der Waals surface area (Å²) in [7, 11) is 0. The summed E-state index contributed by atoms with van der Waals surface area (Å²) in [6.45, 7) is 7.68. The second-order valence-electron chi connectivity index (χ2n) is 6.84. The smallest absolute Gasteiger partial charge is 0.267 e. The Morgan fingerprint density at radius 1 is 1.08 bits per heavy atom. The number of hydrogen-bond acceptors (Lipinski definition) is 4. The number of carbonyl (C=O) groups is 1. The molecule has 1 aliphatic heterocycles. The molecule has 6 nitrogen and oxygen atoms in total. The quantitative estimate of drug-likeness (QED) is 0.816. The van der Waals surface area contributed by atoms with Gasteiger partial charge in [-0.15, -0.1) is 0 Å². The van der Waals surface area contributed by atoms with Gasteiger partial charge in [-0.25, -0.2) is 4.68 Å². The van der Waals surface area contributed by atoms with Crippen LogP contribution in [-0.4, -0.2) is 58.2 Å². The molecule has 1 aliphatic rings. The van der Waals surface area contributed by atoms with Gasteiger partial charge in [-0.1, -0.05) is 30.3 Å². The SMILES string of the molecule is Cc1ccc(=O)n([C@@H](C)C(=O)N2CCN(CCc3ccccc3)CC2)n1. The number of aryl methyl sites for hydroxylation is 1. The van der Waals surface area contributed by atoms with Crippen LogP contribution < -0.4 is 5.56 Å². The van der Waals surface area contributed by atoms with Crippen molar-refractivity contribution in [2.75, 3.05) is 32.7 Å². The Bertz CT molecular complexity index is 795. The summed E-state index contributed by atoms with van der Waals surface area (Å²) < 4.78 is 1.29. The summed E-state index contributed by atoms with van der Waals surface area (Å²) in [5, 5.41) is 4.21. The van der Waals surface area contributed by atoms with Crippen LogP contribution in [0.4, 0.5) is 0 Å². The Labute approximate surface area is 154 Å². The number of piperazine rings is 1. The molecular weight excluding hydrogens is 328 g/mol. The zero-order chi connectivity index (χ0) is 18.5. The van der Waals surface area contributed by atoms with Crippen molar-refractivity contribution in [2.24, 2.45) is 0 Å². The van der Waals surface area contributed by atoms with Gasteiger partial charge in [-0.2, -0.15) is 5.10 Å². The molecule has 0 radical (unpaired) electrons. The predicted molar refractivity (Wildman–Crippen MR) is 101 cm³/mol. The van der Waals surface area contributed by atoms with Crippen LogP contribution in [0.15, 0.2) is 47.3 Å². The maximum atomic E-state index is 12.8. The molecule has 138 valence electrons. The molecular formula is C20H26N4O2. The van der Waals surface area contributed by atoms with Gasteiger partial charge in [0, 0.05) is 38.8 Å². The maximum absolute atomic E-state index is 12.8. The van der Waals surface area contributed by atoms with E-state index in [1.54, 1.807) is 13.0 Å². The fourth-order valence-corrected chi connectivity index (χ4v) is 3.29. The van der Waals surface area contributed by atoms with Gasteiger partial charge in [0.05, 0.1) is 5.69 Å². The molecule has 3 rings (SSSR count). The van der Waals surface area contributed by atoms with Crippen LogP contribution in [0.1, 0.15) is 24.2 Å². The van der Waals surface area contributed by atoms with E-state index in [0.29, 0.717) is 13.1 Å². The average molecular weight is 354 g/mol. The Morgan fingerprint density at radius 3 is 2.46 bits per heavy atom. The molecule has 6 heteroatoms. The van der Waals surface area contributed by atoms with Crippen molar-refractivity contribution in [2.45, 2.75) is 26.3 Å². The number of nitrogens with zero attached hydrogens (tertiary/aromatic N) is 4. The standard InChI is InChI=1S/C20H26N4O2/c1-16-8-9-19(25)24(21-16)17(2)20(26)23-14-12-22(13-15-23)11-10-18-6-4-3-5-7-18/h3-9,17H,10-15H2,1-2H3/t17-/m0/s1. The Morgan fingerprint density at radius 2 is 1.77 bits per heavy atom. The second kappa shape index (κ2) is 8.27. The summed E-state index contributed by atoms with van der Waals surface area (Å²) in [6, 6.07) is 13.0. The van der Waals surface area contributed by atoms with Crippen molar-refractivity contribution >= 4 is 5.91 Å². The highest BCUT2D eigenvalue weighted by molar-refractivity contribution is 5.80. The Kier molecular flexibility index (Phi) is 5.83. The number of carbonyl (C=O) groups excluding carboxylic acids is 1. The van der Waals surface area contributed by atoms with E-state index in [1.165, 1.54) is 16.3 Å². The van der Waals surface area contributed by atoms with E-state index in [-0.39, 0.29) is 11.5 Å². The highest BCUT2D eigenvalue weighted by atomic mass is 16.2. The third-order valence-corrected chi connectivity index (χ3v) is 4.93. The molecule has 0 N–H and O–H groups in total. The molecule has 0 aliphatic carbocycles. The van der Waals surface area contributed by atoms with Crippen molar-refractivity contribution < 1.29 is 4.79 Å². The van der Waals surface area contributed by atoms with Gasteiger partial charge in [0.1, 0.15) is 6.04 Å². The molecule has 26 heavy (non-hydrogen) atoms. The van der Waals surface area contributed by atoms with E-state index < -0.39 is 6.04 Å². The fraction of sp³-hybridized carbons (Fsp3) is 0.450. The Balaban J connectivity index is 1.53. The van der Waals surface area contributed by atoms with Crippen LogP contribution in [-0.2, 0) is 11.2 Å². The first kappa shape index (κ1) is 18.3. The summed E-state index contributed by atoms with van der Waals surface area (Å²) in [4.78, 5) is 29.0. The lowest BCUT2D eigenvalue weighted by Gasteiger charge is -2.36. The fourth-order valence-electron chi connectivity index (χ4n) is 3.29. The lowest BCUT2D eigenvalue weighted by atomic mass is 10.1. The van der Waals surface area contributed by atoms with Crippen LogP contribution in [0, 0.1) is 6.92 Å². The van der Waals surface area contributed by atoms with Crippen molar-refractivity contribution in [1.82, 2.24) is 19.6 Å². The molecule has 1 fully saturated rings. The molecule has 1 amide bonds. The number of rotatable bonds is 5. The van der Waals surface area contributed by atoms with Gasteiger partial charge in [0.2, 0.25) is 5.91 Å². The minimum Gasteiger partial charge on any atom is -0.338 e. The summed E-state index contributed by atoms with van der Waals surface area (Å²) in [5.41, 5.74) is 1.83.